The molecule has 0 saturated heterocycles. The van der Waals surface area contributed by atoms with Crippen LogP contribution in [0.25, 0.3) is 0 Å². The Morgan fingerprint density at radius 2 is 1.67 bits per heavy atom. The third kappa shape index (κ3) is 6.42. The minimum Gasteiger partial charge on any atom is -0.354 e. The molecule has 0 radical (unpaired) electrons. The molecule has 2 aliphatic carbocycles. The van der Waals surface area contributed by atoms with Crippen LogP contribution in [0.15, 0.2) is 0 Å². The van der Waals surface area contributed by atoms with Gasteiger partial charge in [-0.1, -0.05) is 19.3 Å². The number of likely N-dealkylation sites (N-methyl/N-ethyl adjacent to an activating group) is 1. The Kier molecular flexibility index (Phi) is 8.03. The normalized spacial score (nSPS) is 26.6. The molecule has 5 heteroatoms. The number of amides is 2. The molecule has 0 bridgehead atoms. The maximum absolute atomic E-state index is 12.2. The summed E-state index contributed by atoms with van der Waals surface area (Å²) in [4.78, 5) is 24.4. The lowest BCUT2D eigenvalue weighted by Gasteiger charge is -2.29. The number of nitrogens with one attached hydrogen (secondary N) is 3. The van der Waals surface area contributed by atoms with Crippen molar-refractivity contribution < 1.29 is 9.59 Å². The second-order valence-corrected chi connectivity index (χ2v) is 7.76. The van der Waals surface area contributed by atoms with E-state index in [1.165, 1.54) is 32.1 Å². The van der Waals surface area contributed by atoms with E-state index >= 15 is 0 Å². The first-order valence-corrected chi connectivity index (χ1v) is 9.82. The Labute approximate surface area is 146 Å². The zero-order valence-electron chi connectivity index (χ0n) is 15.4. The second kappa shape index (κ2) is 10.0. The first-order valence-electron chi connectivity index (χ1n) is 9.82. The topological polar surface area (TPSA) is 70.2 Å². The van der Waals surface area contributed by atoms with E-state index < -0.39 is 0 Å². The molecule has 5 nitrogen and oxygen atoms in total. The average molecular weight is 338 g/mol. The van der Waals surface area contributed by atoms with Crippen molar-refractivity contribution in [3.05, 3.63) is 0 Å². The quantitative estimate of drug-likeness (QED) is 0.668. The van der Waals surface area contributed by atoms with E-state index in [1.54, 1.807) is 0 Å². The molecule has 138 valence electrons. The number of rotatable bonds is 7. The molecule has 2 rings (SSSR count). The van der Waals surface area contributed by atoms with Gasteiger partial charge in [0.25, 0.3) is 0 Å². The predicted molar refractivity (Wildman–Crippen MR) is 96.6 cm³/mol. The Morgan fingerprint density at radius 1 is 1.00 bits per heavy atom. The molecule has 0 aromatic heterocycles. The highest BCUT2D eigenvalue weighted by Crippen LogP contribution is 2.27. The van der Waals surface area contributed by atoms with E-state index in [2.05, 4.69) is 22.9 Å². The van der Waals surface area contributed by atoms with E-state index in [0.29, 0.717) is 24.9 Å². The van der Waals surface area contributed by atoms with Gasteiger partial charge in [-0.2, -0.15) is 0 Å². The molecule has 0 aromatic carbocycles. The lowest BCUT2D eigenvalue weighted by molar-refractivity contribution is -0.126. The SMILES string of the molecule is CNC(C)CNC(=O)C1CCC(NC(=O)CC2CCCCC2)CC1. The van der Waals surface area contributed by atoms with Gasteiger partial charge in [-0.05, 0) is 58.4 Å². The van der Waals surface area contributed by atoms with Crippen LogP contribution in [-0.4, -0.2) is 37.5 Å². The second-order valence-electron chi connectivity index (χ2n) is 7.76. The van der Waals surface area contributed by atoms with Crippen LogP contribution in [0.5, 0.6) is 0 Å². The molecular weight excluding hydrogens is 302 g/mol. The minimum atomic E-state index is 0.112. The maximum atomic E-state index is 12.2. The van der Waals surface area contributed by atoms with E-state index in [-0.39, 0.29) is 23.8 Å². The van der Waals surface area contributed by atoms with Gasteiger partial charge in [0.1, 0.15) is 0 Å². The fourth-order valence-electron chi connectivity index (χ4n) is 3.94. The highest BCUT2D eigenvalue weighted by atomic mass is 16.2. The third-order valence-electron chi connectivity index (χ3n) is 5.74. The van der Waals surface area contributed by atoms with E-state index in [4.69, 9.17) is 0 Å². The highest BCUT2D eigenvalue weighted by molar-refractivity contribution is 5.79. The summed E-state index contributed by atoms with van der Waals surface area (Å²) >= 11 is 0. The Hall–Kier alpha value is -1.10. The molecule has 2 saturated carbocycles. The number of hydrogen-bond acceptors (Lipinski definition) is 3. The first kappa shape index (κ1) is 19.2. The number of carbonyl (C=O) groups excluding carboxylic acids is 2. The van der Waals surface area contributed by atoms with Crippen molar-refractivity contribution in [3.8, 4) is 0 Å². The summed E-state index contributed by atoms with van der Waals surface area (Å²) in [5.41, 5.74) is 0. The zero-order chi connectivity index (χ0) is 17.4. The number of carbonyl (C=O) groups is 2. The predicted octanol–water partition coefficient (Wildman–Crippen LogP) is 2.36. The molecule has 2 amide bonds. The summed E-state index contributed by atoms with van der Waals surface area (Å²) in [6.07, 6.45) is 10.6. The minimum absolute atomic E-state index is 0.112. The van der Waals surface area contributed by atoms with Crippen molar-refractivity contribution in [2.75, 3.05) is 13.6 Å². The molecular formula is C19H35N3O2. The van der Waals surface area contributed by atoms with Crippen LogP contribution in [0.4, 0.5) is 0 Å². The van der Waals surface area contributed by atoms with Gasteiger partial charge in [-0.3, -0.25) is 9.59 Å². The van der Waals surface area contributed by atoms with Gasteiger partial charge in [-0.25, -0.2) is 0 Å². The molecule has 0 heterocycles. The van der Waals surface area contributed by atoms with E-state index in [0.717, 1.165) is 25.7 Å². The fourth-order valence-corrected chi connectivity index (χ4v) is 3.94. The molecule has 0 aromatic rings. The highest BCUT2D eigenvalue weighted by Gasteiger charge is 2.27. The van der Waals surface area contributed by atoms with Crippen LogP contribution >= 0.6 is 0 Å². The molecule has 2 fully saturated rings. The average Bonchev–Trinajstić information content (AvgIpc) is 2.60. The fraction of sp³-hybridized carbons (Fsp3) is 0.895. The summed E-state index contributed by atoms with van der Waals surface area (Å²) < 4.78 is 0. The van der Waals surface area contributed by atoms with Gasteiger partial charge in [0.15, 0.2) is 0 Å². The van der Waals surface area contributed by atoms with Crippen LogP contribution in [0.2, 0.25) is 0 Å². The van der Waals surface area contributed by atoms with Gasteiger partial charge < -0.3 is 16.0 Å². The summed E-state index contributed by atoms with van der Waals surface area (Å²) in [6, 6.07) is 0.561. The first-order chi connectivity index (χ1) is 11.6. The molecule has 2 aliphatic rings. The Bertz CT molecular complexity index is 399. The largest absolute Gasteiger partial charge is 0.354 e. The third-order valence-corrected chi connectivity index (χ3v) is 5.74. The monoisotopic (exact) mass is 337 g/mol. The maximum Gasteiger partial charge on any atom is 0.223 e. The van der Waals surface area contributed by atoms with Crippen molar-refractivity contribution >= 4 is 11.8 Å². The summed E-state index contributed by atoms with van der Waals surface area (Å²) in [7, 11) is 1.90. The Balaban J connectivity index is 1.63. The van der Waals surface area contributed by atoms with Crippen LogP contribution in [0.3, 0.4) is 0 Å². The van der Waals surface area contributed by atoms with Crippen LogP contribution in [-0.2, 0) is 9.59 Å². The van der Waals surface area contributed by atoms with Crippen LogP contribution in [0.1, 0.15) is 71.1 Å². The zero-order valence-corrected chi connectivity index (χ0v) is 15.4. The summed E-state index contributed by atoms with van der Waals surface area (Å²) in [5.74, 6) is 1.09. The van der Waals surface area contributed by atoms with Crippen molar-refractivity contribution in [1.29, 1.82) is 0 Å². The standard InChI is InChI=1S/C19H35N3O2/c1-14(20-2)13-21-19(24)16-8-10-17(11-9-16)22-18(23)12-15-6-4-3-5-7-15/h14-17,20H,3-13H2,1-2H3,(H,21,24)(H,22,23). The van der Waals surface area contributed by atoms with Crippen LogP contribution < -0.4 is 16.0 Å². The van der Waals surface area contributed by atoms with Gasteiger partial charge in [0, 0.05) is 31.0 Å². The van der Waals surface area contributed by atoms with Crippen molar-refractivity contribution in [2.45, 2.75) is 83.2 Å². The Morgan fingerprint density at radius 3 is 2.29 bits per heavy atom. The van der Waals surface area contributed by atoms with E-state index in [1.807, 2.05) is 7.05 Å². The molecule has 1 unspecified atom stereocenters. The van der Waals surface area contributed by atoms with Gasteiger partial charge in [0.2, 0.25) is 11.8 Å². The lowest BCUT2D eigenvalue weighted by atomic mass is 9.84. The smallest absolute Gasteiger partial charge is 0.223 e. The summed E-state index contributed by atoms with van der Waals surface area (Å²) in [6.45, 7) is 2.73. The number of hydrogen-bond donors (Lipinski definition) is 3. The van der Waals surface area contributed by atoms with Crippen molar-refractivity contribution in [3.63, 3.8) is 0 Å². The van der Waals surface area contributed by atoms with Gasteiger partial charge in [0.05, 0.1) is 0 Å². The van der Waals surface area contributed by atoms with Crippen molar-refractivity contribution in [1.82, 2.24) is 16.0 Å². The molecule has 24 heavy (non-hydrogen) atoms. The molecule has 0 spiro atoms. The van der Waals surface area contributed by atoms with Gasteiger partial charge >= 0.3 is 0 Å². The molecule has 0 aliphatic heterocycles. The molecule has 3 N–H and O–H groups in total. The summed E-state index contributed by atoms with van der Waals surface area (Å²) in [5, 5.41) is 9.35. The van der Waals surface area contributed by atoms with E-state index in [9.17, 15) is 9.59 Å². The van der Waals surface area contributed by atoms with Gasteiger partial charge in [-0.15, -0.1) is 0 Å². The van der Waals surface area contributed by atoms with Crippen LogP contribution in [0, 0.1) is 11.8 Å². The lowest BCUT2D eigenvalue weighted by Crippen LogP contribution is -2.43. The molecule has 1 atom stereocenters. The van der Waals surface area contributed by atoms with Crippen molar-refractivity contribution in [2.24, 2.45) is 11.8 Å².